The summed E-state index contributed by atoms with van der Waals surface area (Å²) in [7, 11) is 0. The Kier molecular flexibility index (Phi) is 6.09. The van der Waals surface area contributed by atoms with Gasteiger partial charge in [-0.2, -0.15) is 0 Å². The van der Waals surface area contributed by atoms with Crippen LogP contribution in [-0.2, 0) is 6.42 Å². The number of primary amides is 1. The molecule has 0 unspecified atom stereocenters. The zero-order valence-corrected chi connectivity index (χ0v) is 15.8. The molecule has 3 aromatic carbocycles. The lowest BCUT2D eigenvalue weighted by Crippen LogP contribution is -2.29. The van der Waals surface area contributed by atoms with Crippen molar-refractivity contribution in [2.24, 2.45) is 5.73 Å². The number of benzene rings is 3. The van der Waals surface area contributed by atoms with Crippen LogP contribution < -0.4 is 5.73 Å². The van der Waals surface area contributed by atoms with E-state index < -0.39 is 11.8 Å². The van der Waals surface area contributed by atoms with Gasteiger partial charge in [-0.1, -0.05) is 48.0 Å². The number of nitrogens with zero attached hydrogens (tertiary/aromatic N) is 1. The van der Waals surface area contributed by atoms with Crippen LogP contribution in [0.15, 0.2) is 72.8 Å². The van der Waals surface area contributed by atoms with E-state index in [4.69, 9.17) is 17.3 Å². The molecule has 0 aliphatic rings. The van der Waals surface area contributed by atoms with Crippen LogP contribution in [0.5, 0.6) is 0 Å². The van der Waals surface area contributed by atoms with Gasteiger partial charge in [0.2, 0.25) is 5.91 Å². The van der Waals surface area contributed by atoms with E-state index in [-0.39, 0.29) is 6.54 Å². The van der Waals surface area contributed by atoms with Gasteiger partial charge in [-0.3, -0.25) is 14.8 Å². The normalized spacial score (nSPS) is 10.5. The van der Waals surface area contributed by atoms with Crippen molar-refractivity contribution in [3.63, 3.8) is 0 Å². The minimum atomic E-state index is -0.494. The lowest BCUT2D eigenvalue weighted by Gasteiger charge is -2.15. The Morgan fingerprint density at radius 1 is 0.893 bits per heavy atom. The standard InChI is InChI=1S/C22H19ClN2O3/c23-20-6-1-3-15(13-20)11-12-25(28)22(27)19-5-2-4-18(14-19)16-7-9-17(10-8-16)21(24)26/h1-10,13-14,28H,11-12H2,(H2,24,26). The van der Waals surface area contributed by atoms with Crippen LogP contribution in [0.4, 0.5) is 0 Å². The second kappa shape index (κ2) is 8.69. The van der Waals surface area contributed by atoms with Crippen molar-refractivity contribution in [2.75, 3.05) is 6.54 Å². The predicted octanol–water partition coefficient (Wildman–Crippen LogP) is 4.18. The molecule has 0 heterocycles. The lowest BCUT2D eigenvalue weighted by atomic mass is 10.0. The molecule has 0 aliphatic heterocycles. The molecule has 142 valence electrons. The molecule has 0 bridgehead atoms. The highest BCUT2D eigenvalue weighted by molar-refractivity contribution is 6.30. The molecule has 0 atom stereocenters. The van der Waals surface area contributed by atoms with Crippen molar-refractivity contribution in [1.82, 2.24) is 5.06 Å². The number of rotatable bonds is 6. The fraction of sp³-hybridized carbons (Fsp3) is 0.0909. The summed E-state index contributed by atoms with van der Waals surface area (Å²) in [5.41, 5.74) is 8.60. The summed E-state index contributed by atoms with van der Waals surface area (Å²) in [6.45, 7) is 0.150. The van der Waals surface area contributed by atoms with E-state index in [0.29, 0.717) is 27.6 Å². The van der Waals surface area contributed by atoms with Gasteiger partial charge in [0, 0.05) is 16.1 Å². The van der Waals surface area contributed by atoms with Gasteiger partial charge in [0.15, 0.2) is 0 Å². The molecule has 3 aromatic rings. The smallest absolute Gasteiger partial charge is 0.277 e. The second-order valence-corrected chi connectivity index (χ2v) is 6.77. The van der Waals surface area contributed by atoms with Crippen LogP contribution in [0.2, 0.25) is 5.02 Å². The number of nitrogens with two attached hydrogens (primary N) is 1. The van der Waals surface area contributed by atoms with Crippen LogP contribution >= 0.6 is 11.6 Å². The fourth-order valence-electron chi connectivity index (χ4n) is 2.84. The molecular weight excluding hydrogens is 376 g/mol. The third-order valence-electron chi connectivity index (χ3n) is 4.35. The molecule has 0 spiro atoms. The van der Waals surface area contributed by atoms with Crippen molar-refractivity contribution < 1.29 is 14.8 Å². The summed E-state index contributed by atoms with van der Waals surface area (Å²) in [5.74, 6) is -0.983. The molecule has 28 heavy (non-hydrogen) atoms. The molecule has 0 aromatic heterocycles. The highest BCUT2D eigenvalue weighted by Crippen LogP contribution is 2.22. The quantitative estimate of drug-likeness (QED) is 0.486. The monoisotopic (exact) mass is 394 g/mol. The third-order valence-corrected chi connectivity index (χ3v) is 4.58. The molecule has 0 saturated heterocycles. The Bertz CT molecular complexity index is 1000. The largest absolute Gasteiger partial charge is 0.366 e. The zero-order valence-electron chi connectivity index (χ0n) is 15.0. The highest BCUT2D eigenvalue weighted by atomic mass is 35.5. The van der Waals surface area contributed by atoms with Crippen LogP contribution in [0.3, 0.4) is 0 Å². The first-order valence-electron chi connectivity index (χ1n) is 8.69. The maximum atomic E-state index is 12.5. The number of halogens is 1. The molecule has 0 fully saturated rings. The maximum absolute atomic E-state index is 12.5. The summed E-state index contributed by atoms with van der Waals surface area (Å²) in [5, 5.41) is 11.5. The summed E-state index contributed by atoms with van der Waals surface area (Å²) >= 11 is 5.95. The van der Waals surface area contributed by atoms with E-state index in [1.165, 1.54) is 0 Å². The van der Waals surface area contributed by atoms with Crippen molar-refractivity contribution >= 4 is 23.4 Å². The van der Waals surface area contributed by atoms with Crippen LogP contribution in [-0.4, -0.2) is 28.6 Å². The number of amides is 2. The first kappa shape index (κ1) is 19.6. The average molecular weight is 395 g/mol. The van der Waals surface area contributed by atoms with Crippen molar-refractivity contribution in [3.05, 3.63) is 94.5 Å². The molecule has 5 nitrogen and oxygen atoms in total. The van der Waals surface area contributed by atoms with E-state index in [9.17, 15) is 14.8 Å². The molecule has 6 heteroatoms. The maximum Gasteiger partial charge on any atom is 0.277 e. The number of carbonyl (C=O) groups is 2. The molecule has 2 amide bonds. The SMILES string of the molecule is NC(=O)c1ccc(-c2cccc(C(=O)N(O)CCc3cccc(Cl)c3)c2)cc1. The molecule has 3 N–H and O–H groups in total. The van der Waals surface area contributed by atoms with Gasteiger partial charge in [-0.25, -0.2) is 5.06 Å². The topological polar surface area (TPSA) is 83.6 Å². The van der Waals surface area contributed by atoms with Crippen molar-refractivity contribution in [1.29, 1.82) is 0 Å². The number of carbonyl (C=O) groups excluding carboxylic acids is 2. The summed E-state index contributed by atoms with van der Waals surface area (Å²) in [6, 6.07) is 21.0. The fourth-order valence-corrected chi connectivity index (χ4v) is 3.05. The van der Waals surface area contributed by atoms with Gasteiger partial charge in [0.1, 0.15) is 0 Å². The Balaban J connectivity index is 1.71. The lowest BCUT2D eigenvalue weighted by molar-refractivity contribution is -0.0571. The van der Waals surface area contributed by atoms with E-state index >= 15 is 0 Å². The summed E-state index contributed by atoms with van der Waals surface area (Å²) in [6.07, 6.45) is 0.483. The number of hydrogen-bond donors (Lipinski definition) is 2. The van der Waals surface area contributed by atoms with E-state index in [1.54, 1.807) is 54.6 Å². The Morgan fingerprint density at radius 3 is 2.29 bits per heavy atom. The van der Waals surface area contributed by atoms with E-state index in [0.717, 1.165) is 16.7 Å². The summed E-state index contributed by atoms with van der Waals surface area (Å²) < 4.78 is 0. The number of hydrogen-bond acceptors (Lipinski definition) is 3. The first-order chi connectivity index (χ1) is 13.4. The minimum absolute atomic E-state index is 0.150. The van der Waals surface area contributed by atoms with Gasteiger partial charge >= 0.3 is 0 Å². The van der Waals surface area contributed by atoms with Crippen LogP contribution in [0, 0.1) is 0 Å². The van der Waals surface area contributed by atoms with Gasteiger partial charge in [-0.05, 0) is 59.5 Å². The van der Waals surface area contributed by atoms with E-state index in [1.807, 2.05) is 18.2 Å². The zero-order chi connectivity index (χ0) is 20.1. The number of hydroxylamine groups is 2. The van der Waals surface area contributed by atoms with Crippen LogP contribution in [0.1, 0.15) is 26.3 Å². The average Bonchev–Trinajstić information content (AvgIpc) is 2.71. The minimum Gasteiger partial charge on any atom is -0.366 e. The second-order valence-electron chi connectivity index (χ2n) is 6.33. The summed E-state index contributed by atoms with van der Waals surface area (Å²) in [4.78, 5) is 23.7. The van der Waals surface area contributed by atoms with Gasteiger partial charge in [0.25, 0.3) is 5.91 Å². The molecule has 3 rings (SSSR count). The molecule has 0 aliphatic carbocycles. The predicted molar refractivity (Wildman–Crippen MR) is 108 cm³/mol. The third kappa shape index (κ3) is 4.76. The Labute approximate surface area is 167 Å². The highest BCUT2D eigenvalue weighted by Gasteiger charge is 2.14. The molecule has 0 saturated carbocycles. The molecular formula is C22H19ClN2O3. The first-order valence-corrected chi connectivity index (χ1v) is 9.07. The van der Waals surface area contributed by atoms with Crippen LogP contribution in [0.25, 0.3) is 11.1 Å². The molecule has 0 radical (unpaired) electrons. The van der Waals surface area contributed by atoms with Gasteiger partial charge in [0.05, 0.1) is 6.54 Å². The van der Waals surface area contributed by atoms with Crippen molar-refractivity contribution in [2.45, 2.75) is 6.42 Å². The van der Waals surface area contributed by atoms with Gasteiger partial charge < -0.3 is 5.73 Å². The van der Waals surface area contributed by atoms with E-state index in [2.05, 4.69) is 0 Å². The Hall–Kier alpha value is -3.15. The van der Waals surface area contributed by atoms with Gasteiger partial charge in [-0.15, -0.1) is 0 Å². The Morgan fingerprint density at radius 2 is 1.61 bits per heavy atom. The van der Waals surface area contributed by atoms with Crippen molar-refractivity contribution in [3.8, 4) is 11.1 Å².